The summed E-state index contributed by atoms with van der Waals surface area (Å²) in [6.45, 7) is 2.95. The van der Waals surface area contributed by atoms with Gasteiger partial charge in [0.25, 0.3) is 0 Å². The predicted octanol–water partition coefficient (Wildman–Crippen LogP) is 1.73. The van der Waals surface area contributed by atoms with Crippen LogP contribution in [0.15, 0.2) is 24.3 Å². The Morgan fingerprint density at radius 1 is 1.46 bits per heavy atom. The number of halogens is 1. The Morgan fingerprint density at radius 3 is 2.83 bits per heavy atom. The van der Waals surface area contributed by atoms with Gasteiger partial charge in [-0.2, -0.15) is 5.26 Å². The van der Waals surface area contributed by atoms with E-state index in [1.807, 2.05) is 13.1 Å². The van der Waals surface area contributed by atoms with Gasteiger partial charge in [0.05, 0.1) is 24.8 Å². The van der Waals surface area contributed by atoms with Crippen LogP contribution in [0.4, 0.5) is 9.39 Å². The van der Waals surface area contributed by atoms with Crippen LogP contribution in [0.3, 0.4) is 0 Å². The number of rotatable bonds is 6. The van der Waals surface area contributed by atoms with Gasteiger partial charge in [-0.05, 0) is 19.1 Å². The minimum atomic E-state index is -0.468. The second-order valence-electron chi connectivity index (χ2n) is 5.42. The molecule has 0 aliphatic rings. The third kappa shape index (κ3) is 4.10. The van der Waals surface area contributed by atoms with Crippen LogP contribution < -0.4 is 10.6 Å². The van der Waals surface area contributed by atoms with Gasteiger partial charge in [-0.3, -0.25) is 0 Å². The number of thiophene rings is 1. The summed E-state index contributed by atoms with van der Waals surface area (Å²) in [6, 6.07) is 8.43. The van der Waals surface area contributed by atoms with Crippen molar-refractivity contribution in [1.82, 2.24) is 0 Å². The summed E-state index contributed by atoms with van der Waals surface area (Å²) in [5.74, 6) is -0.755. The summed E-state index contributed by atoms with van der Waals surface area (Å²) in [5, 5.41) is 9.64. The van der Waals surface area contributed by atoms with Crippen molar-refractivity contribution in [2.45, 2.75) is 20.0 Å². The van der Waals surface area contributed by atoms with Crippen molar-refractivity contribution in [2.24, 2.45) is 0 Å². The number of ether oxygens (including phenoxy) is 1. The molecule has 0 spiro atoms. The molecule has 1 atom stereocenters. The molecule has 126 valence electrons. The lowest BCUT2D eigenvalue weighted by Crippen LogP contribution is -3.06. The number of carbonyl (C=O) groups is 1. The molecule has 0 aliphatic carbocycles. The molecule has 2 rings (SSSR count). The van der Waals surface area contributed by atoms with Gasteiger partial charge in [-0.25, -0.2) is 9.18 Å². The number of nitriles is 1. The number of nitrogen functional groups attached to an aromatic ring is 1. The van der Waals surface area contributed by atoms with Gasteiger partial charge in [0.1, 0.15) is 34.9 Å². The first kappa shape index (κ1) is 17.9. The van der Waals surface area contributed by atoms with E-state index >= 15 is 0 Å². The van der Waals surface area contributed by atoms with Crippen LogP contribution in [0.5, 0.6) is 0 Å². The molecule has 2 aromatic rings. The summed E-state index contributed by atoms with van der Waals surface area (Å²) < 4.78 is 18.3. The highest BCUT2D eigenvalue weighted by molar-refractivity contribution is 7.18. The van der Waals surface area contributed by atoms with Crippen molar-refractivity contribution in [3.8, 4) is 6.07 Å². The SMILES string of the molecule is CCOC(=O)c1sc(N)c(C#N)c1C[NH+](C)Cc1cccc(F)c1. The lowest BCUT2D eigenvalue weighted by molar-refractivity contribution is -0.907. The normalized spacial score (nSPS) is 11.8. The maximum Gasteiger partial charge on any atom is 0.348 e. The van der Waals surface area contributed by atoms with Gasteiger partial charge in [0.15, 0.2) is 0 Å². The Bertz CT molecular complexity index is 783. The first-order valence-electron chi connectivity index (χ1n) is 7.50. The molecule has 1 unspecified atom stereocenters. The van der Waals surface area contributed by atoms with E-state index in [0.717, 1.165) is 21.8 Å². The number of quaternary nitrogens is 1. The van der Waals surface area contributed by atoms with E-state index < -0.39 is 5.97 Å². The summed E-state index contributed by atoms with van der Waals surface area (Å²) in [7, 11) is 1.91. The maximum atomic E-state index is 13.3. The molecule has 0 aliphatic heterocycles. The van der Waals surface area contributed by atoms with Gasteiger partial charge in [-0.1, -0.05) is 12.1 Å². The van der Waals surface area contributed by atoms with Crippen LogP contribution in [-0.2, 0) is 17.8 Å². The van der Waals surface area contributed by atoms with Gasteiger partial charge in [-0.15, -0.1) is 11.3 Å². The van der Waals surface area contributed by atoms with Crippen molar-refractivity contribution in [1.29, 1.82) is 5.26 Å². The zero-order valence-electron chi connectivity index (χ0n) is 13.6. The second kappa shape index (κ2) is 7.90. The molecule has 0 fully saturated rings. The highest BCUT2D eigenvalue weighted by Gasteiger charge is 2.25. The van der Waals surface area contributed by atoms with Crippen molar-refractivity contribution in [3.05, 3.63) is 51.7 Å². The fourth-order valence-electron chi connectivity index (χ4n) is 2.50. The lowest BCUT2D eigenvalue weighted by atomic mass is 10.1. The number of hydrogen-bond acceptors (Lipinski definition) is 5. The fourth-order valence-corrected chi connectivity index (χ4v) is 3.43. The van der Waals surface area contributed by atoms with Crippen molar-refractivity contribution in [2.75, 3.05) is 19.4 Å². The molecule has 7 heteroatoms. The number of carbonyl (C=O) groups excluding carboxylic acids is 1. The molecule has 1 heterocycles. The molecule has 5 nitrogen and oxygen atoms in total. The largest absolute Gasteiger partial charge is 0.462 e. The van der Waals surface area contributed by atoms with E-state index in [-0.39, 0.29) is 12.4 Å². The number of nitrogens with two attached hydrogens (primary N) is 1. The molecule has 1 aromatic carbocycles. The highest BCUT2D eigenvalue weighted by atomic mass is 32.1. The summed E-state index contributed by atoms with van der Waals surface area (Å²) in [5.41, 5.74) is 7.62. The minimum absolute atomic E-state index is 0.254. The van der Waals surface area contributed by atoms with Crippen LogP contribution in [0.1, 0.15) is 33.3 Å². The fraction of sp³-hybridized carbons (Fsp3) is 0.294. The Hall–Kier alpha value is -2.43. The Morgan fingerprint density at radius 2 is 2.21 bits per heavy atom. The summed E-state index contributed by atoms with van der Waals surface area (Å²) in [4.78, 5) is 13.5. The molecule has 0 bridgehead atoms. The molecule has 3 N–H and O–H groups in total. The lowest BCUT2D eigenvalue weighted by Gasteiger charge is -2.15. The second-order valence-corrected chi connectivity index (χ2v) is 6.47. The third-order valence-electron chi connectivity index (χ3n) is 3.48. The Balaban J connectivity index is 2.24. The van der Waals surface area contributed by atoms with E-state index in [1.165, 1.54) is 12.1 Å². The molecular weight excluding hydrogens is 329 g/mol. The molecule has 24 heavy (non-hydrogen) atoms. The van der Waals surface area contributed by atoms with E-state index in [2.05, 4.69) is 6.07 Å². The van der Waals surface area contributed by atoms with Crippen molar-refractivity contribution < 1.29 is 18.8 Å². The number of anilines is 1. The van der Waals surface area contributed by atoms with Gasteiger partial charge < -0.3 is 15.4 Å². The molecule has 0 amide bonds. The van der Waals surface area contributed by atoms with Crippen LogP contribution in [0.2, 0.25) is 0 Å². The first-order chi connectivity index (χ1) is 11.5. The van der Waals surface area contributed by atoms with E-state index in [4.69, 9.17) is 10.5 Å². The Labute approximate surface area is 144 Å². The zero-order chi connectivity index (χ0) is 17.7. The van der Waals surface area contributed by atoms with Crippen LogP contribution >= 0.6 is 11.3 Å². The number of nitrogens with one attached hydrogen (secondary N) is 1. The zero-order valence-corrected chi connectivity index (χ0v) is 14.4. The Kier molecular flexibility index (Phi) is 5.90. The van der Waals surface area contributed by atoms with Crippen LogP contribution in [0, 0.1) is 17.1 Å². The molecular formula is C17H19FN3O2S+. The number of hydrogen-bond donors (Lipinski definition) is 2. The van der Waals surface area contributed by atoms with E-state index in [1.54, 1.807) is 13.0 Å². The van der Waals surface area contributed by atoms with Gasteiger partial charge in [0.2, 0.25) is 0 Å². The number of esters is 1. The molecule has 0 saturated carbocycles. The quantitative estimate of drug-likeness (QED) is 0.779. The van der Waals surface area contributed by atoms with Crippen LogP contribution in [0.25, 0.3) is 0 Å². The maximum absolute atomic E-state index is 13.3. The summed E-state index contributed by atoms with van der Waals surface area (Å²) in [6.07, 6.45) is 0. The molecule has 0 saturated heterocycles. The number of benzene rings is 1. The predicted molar refractivity (Wildman–Crippen MR) is 90.1 cm³/mol. The van der Waals surface area contributed by atoms with Crippen molar-refractivity contribution >= 4 is 22.3 Å². The first-order valence-corrected chi connectivity index (χ1v) is 8.32. The van der Waals surface area contributed by atoms with E-state index in [0.29, 0.717) is 34.1 Å². The standard InChI is InChI=1S/C17H18FN3O2S/c1-3-23-17(22)15-14(13(8-19)16(20)24-15)10-21(2)9-11-5-4-6-12(18)7-11/h4-7H,3,9-10,20H2,1-2H3/p+1. The molecule has 0 radical (unpaired) electrons. The van der Waals surface area contributed by atoms with Crippen LogP contribution in [-0.4, -0.2) is 19.6 Å². The topological polar surface area (TPSA) is 80.5 Å². The van der Waals surface area contributed by atoms with Gasteiger partial charge in [0, 0.05) is 5.56 Å². The van der Waals surface area contributed by atoms with Gasteiger partial charge >= 0.3 is 5.97 Å². The summed E-state index contributed by atoms with van der Waals surface area (Å²) >= 11 is 1.07. The third-order valence-corrected chi connectivity index (χ3v) is 4.52. The minimum Gasteiger partial charge on any atom is -0.462 e. The molecule has 1 aromatic heterocycles. The number of nitrogens with zero attached hydrogens (tertiary/aromatic N) is 1. The van der Waals surface area contributed by atoms with Crippen molar-refractivity contribution in [3.63, 3.8) is 0 Å². The average molecular weight is 348 g/mol. The highest BCUT2D eigenvalue weighted by Crippen LogP contribution is 2.30. The smallest absolute Gasteiger partial charge is 0.348 e. The monoisotopic (exact) mass is 348 g/mol. The average Bonchev–Trinajstić information content (AvgIpc) is 2.83. The van der Waals surface area contributed by atoms with E-state index in [9.17, 15) is 14.4 Å².